The number of likely N-dealkylation sites (N-methyl/N-ethyl adjacent to an activating group) is 1. The molecule has 1 aliphatic rings. The second kappa shape index (κ2) is 6.06. The number of amides is 1. The van der Waals surface area contributed by atoms with Crippen LogP contribution in [0.1, 0.15) is 32.8 Å². The average Bonchev–Trinajstić information content (AvgIpc) is 2.81. The minimum absolute atomic E-state index is 0.0332. The van der Waals surface area contributed by atoms with E-state index in [1.165, 1.54) is 0 Å². The fourth-order valence-electron chi connectivity index (χ4n) is 2.95. The number of methoxy groups -OCH3 is 1. The van der Waals surface area contributed by atoms with Crippen molar-refractivity contribution < 1.29 is 9.53 Å². The smallest absolute Gasteiger partial charge is 0.240 e. The van der Waals surface area contributed by atoms with E-state index in [1.807, 2.05) is 30.1 Å². The van der Waals surface area contributed by atoms with E-state index in [0.717, 1.165) is 30.8 Å². The van der Waals surface area contributed by atoms with E-state index >= 15 is 0 Å². The summed E-state index contributed by atoms with van der Waals surface area (Å²) in [7, 11) is 3.70. The molecule has 4 heteroatoms. The van der Waals surface area contributed by atoms with Crippen molar-refractivity contribution in [3.05, 3.63) is 29.8 Å². The first-order valence-electron chi connectivity index (χ1n) is 7.48. The molecular formula is C17H26N2O2. The van der Waals surface area contributed by atoms with Crippen molar-refractivity contribution in [2.24, 2.45) is 0 Å². The zero-order valence-corrected chi connectivity index (χ0v) is 13.7. The second-order valence-electron chi connectivity index (χ2n) is 6.69. The Labute approximate surface area is 127 Å². The van der Waals surface area contributed by atoms with Crippen LogP contribution in [0.25, 0.3) is 0 Å². The Morgan fingerprint density at radius 3 is 2.57 bits per heavy atom. The van der Waals surface area contributed by atoms with Crippen molar-refractivity contribution in [2.45, 2.75) is 45.3 Å². The number of nitrogens with zero attached hydrogens (tertiary/aromatic N) is 2. The zero-order chi connectivity index (χ0) is 15.6. The molecule has 2 rings (SSSR count). The van der Waals surface area contributed by atoms with Gasteiger partial charge in [0.25, 0.3) is 0 Å². The third kappa shape index (κ3) is 3.38. The molecule has 1 fully saturated rings. The van der Waals surface area contributed by atoms with Gasteiger partial charge in [-0.3, -0.25) is 9.69 Å². The molecule has 0 saturated carbocycles. The van der Waals surface area contributed by atoms with Gasteiger partial charge in [-0.2, -0.15) is 0 Å². The first-order valence-corrected chi connectivity index (χ1v) is 7.48. The van der Waals surface area contributed by atoms with Gasteiger partial charge < -0.3 is 9.64 Å². The zero-order valence-electron chi connectivity index (χ0n) is 13.7. The maximum atomic E-state index is 12.6. The fraction of sp³-hybridized carbons (Fsp3) is 0.588. The molecule has 4 nitrogen and oxygen atoms in total. The van der Waals surface area contributed by atoms with Crippen LogP contribution in [0, 0.1) is 0 Å². The highest BCUT2D eigenvalue weighted by Crippen LogP contribution is 2.26. The van der Waals surface area contributed by atoms with Crippen LogP contribution in [0.3, 0.4) is 0 Å². The normalized spacial score (nSPS) is 19.4. The van der Waals surface area contributed by atoms with Crippen LogP contribution in [0.2, 0.25) is 0 Å². The molecule has 0 aliphatic carbocycles. The lowest BCUT2D eigenvalue weighted by atomic mass is 10.1. The summed E-state index contributed by atoms with van der Waals surface area (Å²) in [4.78, 5) is 16.7. The monoisotopic (exact) mass is 290 g/mol. The lowest BCUT2D eigenvalue weighted by molar-refractivity contribution is -0.135. The summed E-state index contributed by atoms with van der Waals surface area (Å²) >= 11 is 0. The van der Waals surface area contributed by atoms with Crippen molar-refractivity contribution in [1.82, 2.24) is 9.80 Å². The van der Waals surface area contributed by atoms with Crippen LogP contribution in [0.4, 0.5) is 0 Å². The molecule has 1 heterocycles. The maximum Gasteiger partial charge on any atom is 0.240 e. The quantitative estimate of drug-likeness (QED) is 0.854. The Bertz CT molecular complexity index is 508. The number of para-hydroxylation sites is 1. The van der Waals surface area contributed by atoms with Gasteiger partial charge in [0.05, 0.1) is 13.2 Å². The predicted molar refractivity (Wildman–Crippen MR) is 84.3 cm³/mol. The van der Waals surface area contributed by atoms with E-state index in [4.69, 9.17) is 4.74 Å². The van der Waals surface area contributed by atoms with E-state index in [0.29, 0.717) is 0 Å². The Hall–Kier alpha value is -1.55. The van der Waals surface area contributed by atoms with Crippen LogP contribution in [0.5, 0.6) is 5.75 Å². The highest BCUT2D eigenvalue weighted by atomic mass is 16.5. The van der Waals surface area contributed by atoms with E-state index in [1.54, 1.807) is 7.11 Å². The van der Waals surface area contributed by atoms with Crippen LogP contribution in [-0.2, 0) is 11.3 Å². The van der Waals surface area contributed by atoms with E-state index in [-0.39, 0.29) is 17.5 Å². The molecule has 21 heavy (non-hydrogen) atoms. The van der Waals surface area contributed by atoms with E-state index in [2.05, 4.69) is 31.7 Å². The molecule has 0 bridgehead atoms. The maximum absolute atomic E-state index is 12.6. The number of ether oxygens (including phenoxy) is 1. The minimum Gasteiger partial charge on any atom is -0.496 e. The fourth-order valence-corrected chi connectivity index (χ4v) is 2.95. The number of hydrogen-bond donors (Lipinski definition) is 0. The molecule has 0 aromatic heterocycles. The molecule has 1 aromatic carbocycles. The van der Waals surface area contributed by atoms with Gasteiger partial charge in [0.2, 0.25) is 5.91 Å². The summed E-state index contributed by atoms with van der Waals surface area (Å²) in [5, 5.41) is 0. The van der Waals surface area contributed by atoms with Crippen molar-refractivity contribution in [1.29, 1.82) is 0 Å². The van der Waals surface area contributed by atoms with Crippen molar-refractivity contribution in [2.75, 3.05) is 20.7 Å². The molecule has 116 valence electrons. The van der Waals surface area contributed by atoms with Gasteiger partial charge in [0, 0.05) is 24.2 Å². The van der Waals surface area contributed by atoms with Gasteiger partial charge in [0.15, 0.2) is 0 Å². The summed E-state index contributed by atoms with van der Waals surface area (Å²) in [6.07, 6.45) is 0.891. The topological polar surface area (TPSA) is 32.8 Å². The number of carbonyl (C=O) groups excluding carboxylic acids is 1. The molecule has 1 unspecified atom stereocenters. The van der Waals surface area contributed by atoms with E-state index < -0.39 is 0 Å². The molecule has 0 radical (unpaired) electrons. The van der Waals surface area contributed by atoms with Gasteiger partial charge in [0.1, 0.15) is 5.75 Å². The van der Waals surface area contributed by atoms with E-state index in [9.17, 15) is 4.79 Å². The summed E-state index contributed by atoms with van der Waals surface area (Å²) in [6, 6.07) is 7.94. The Kier molecular flexibility index (Phi) is 4.57. The number of rotatable bonds is 4. The molecular weight excluding hydrogens is 264 g/mol. The molecule has 1 aromatic rings. The second-order valence-corrected chi connectivity index (χ2v) is 6.69. The lowest BCUT2D eigenvalue weighted by Crippen LogP contribution is -2.46. The molecule has 1 atom stereocenters. The first kappa shape index (κ1) is 15.8. The van der Waals surface area contributed by atoms with Gasteiger partial charge in [-0.05, 0) is 40.3 Å². The van der Waals surface area contributed by atoms with Crippen molar-refractivity contribution in [3.8, 4) is 5.75 Å². The summed E-state index contributed by atoms with van der Waals surface area (Å²) in [5.74, 6) is 1.11. The molecule has 0 N–H and O–H groups in total. The average molecular weight is 290 g/mol. The van der Waals surface area contributed by atoms with Gasteiger partial charge in [-0.15, -0.1) is 0 Å². The molecule has 0 spiro atoms. The lowest BCUT2D eigenvalue weighted by Gasteiger charge is -2.33. The Balaban J connectivity index is 2.08. The number of likely N-dealkylation sites (tertiary alicyclic amines) is 1. The highest BCUT2D eigenvalue weighted by molar-refractivity contribution is 5.84. The third-order valence-corrected chi connectivity index (χ3v) is 4.13. The Morgan fingerprint density at radius 2 is 2.00 bits per heavy atom. The predicted octanol–water partition coefficient (Wildman–Crippen LogP) is 2.53. The van der Waals surface area contributed by atoms with Crippen LogP contribution in [0.15, 0.2) is 24.3 Å². The minimum atomic E-state index is -0.100. The first-order chi connectivity index (χ1) is 9.84. The summed E-state index contributed by atoms with van der Waals surface area (Å²) in [6.45, 7) is 7.83. The van der Waals surface area contributed by atoms with Crippen LogP contribution >= 0.6 is 0 Å². The number of hydrogen-bond acceptors (Lipinski definition) is 3. The standard InChI is InChI=1S/C17H26N2O2/c1-17(2,3)19-11-10-14(16(19)20)18(4)12-13-8-6-7-9-15(13)21-5/h6-9,14H,10-12H2,1-5H3. The largest absolute Gasteiger partial charge is 0.496 e. The molecule has 1 saturated heterocycles. The summed E-state index contributed by atoms with van der Waals surface area (Å²) < 4.78 is 5.39. The van der Waals surface area contributed by atoms with Crippen molar-refractivity contribution >= 4 is 5.91 Å². The highest BCUT2D eigenvalue weighted by Gasteiger charge is 2.39. The third-order valence-electron chi connectivity index (χ3n) is 4.13. The Morgan fingerprint density at radius 1 is 1.33 bits per heavy atom. The molecule has 1 aliphatic heterocycles. The van der Waals surface area contributed by atoms with Gasteiger partial charge >= 0.3 is 0 Å². The SMILES string of the molecule is COc1ccccc1CN(C)C1CCN(C(C)(C)C)C1=O. The summed E-state index contributed by atoms with van der Waals surface area (Å²) in [5.41, 5.74) is 1.02. The van der Waals surface area contributed by atoms with Crippen LogP contribution < -0.4 is 4.74 Å². The van der Waals surface area contributed by atoms with Gasteiger partial charge in [-0.25, -0.2) is 0 Å². The number of carbonyl (C=O) groups is 1. The molecule has 1 amide bonds. The number of benzene rings is 1. The van der Waals surface area contributed by atoms with Gasteiger partial charge in [-0.1, -0.05) is 18.2 Å². The van der Waals surface area contributed by atoms with Crippen molar-refractivity contribution in [3.63, 3.8) is 0 Å². The van der Waals surface area contributed by atoms with Crippen LogP contribution in [-0.4, -0.2) is 48.0 Å².